The van der Waals surface area contributed by atoms with Gasteiger partial charge in [-0.3, -0.25) is 14.8 Å². The lowest BCUT2D eigenvalue weighted by atomic mass is 10.1. The first-order valence-electron chi connectivity index (χ1n) is 9.72. The Morgan fingerprint density at radius 1 is 1.00 bits per heavy atom. The first kappa shape index (κ1) is 21.8. The molecule has 1 aromatic heterocycles. The van der Waals surface area contributed by atoms with Crippen molar-refractivity contribution in [3.63, 3.8) is 0 Å². The number of anilines is 2. The van der Waals surface area contributed by atoms with Gasteiger partial charge in [-0.15, -0.1) is 0 Å². The van der Waals surface area contributed by atoms with Gasteiger partial charge >= 0.3 is 0 Å². The molecule has 0 unspecified atom stereocenters. The van der Waals surface area contributed by atoms with E-state index in [9.17, 15) is 13.2 Å². The summed E-state index contributed by atoms with van der Waals surface area (Å²) in [5.74, 6) is 0.250. The molecule has 164 valence electrons. The van der Waals surface area contributed by atoms with Gasteiger partial charge in [0, 0.05) is 5.56 Å². The van der Waals surface area contributed by atoms with E-state index in [1.165, 1.54) is 35.6 Å². The quantitative estimate of drug-likeness (QED) is 0.417. The van der Waals surface area contributed by atoms with Gasteiger partial charge in [-0.2, -0.15) is 0 Å². The zero-order valence-electron chi connectivity index (χ0n) is 17.7. The Morgan fingerprint density at radius 2 is 1.72 bits per heavy atom. The van der Waals surface area contributed by atoms with E-state index in [4.69, 9.17) is 4.74 Å². The number of benzene rings is 3. The molecule has 0 aliphatic rings. The molecule has 0 aliphatic carbocycles. The van der Waals surface area contributed by atoms with Crippen LogP contribution >= 0.6 is 11.3 Å². The lowest BCUT2D eigenvalue weighted by Crippen LogP contribution is -2.15. The number of sulfonamides is 1. The van der Waals surface area contributed by atoms with Gasteiger partial charge in [-0.05, 0) is 67.4 Å². The first-order chi connectivity index (χ1) is 15.3. The third kappa shape index (κ3) is 4.30. The number of fused-ring (bicyclic) bond motifs is 1. The molecule has 1 heterocycles. The minimum Gasteiger partial charge on any atom is -0.494 e. The van der Waals surface area contributed by atoms with E-state index in [2.05, 4.69) is 15.0 Å². The number of amides is 1. The highest BCUT2D eigenvalue weighted by Gasteiger charge is 2.17. The second kappa shape index (κ2) is 8.60. The van der Waals surface area contributed by atoms with Crippen LogP contribution in [0.25, 0.3) is 10.2 Å². The molecule has 0 aliphatic heterocycles. The van der Waals surface area contributed by atoms with Crippen LogP contribution in [0.4, 0.5) is 10.8 Å². The Labute approximate surface area is 190 Å². The number of aromatic nitrogens is 1. The van der Waals surface area contributed by atoms with E-state index >= 15 is 0 Å². The van der Waals surface area contributed by atoms with Gasteiger partial charge in [-0.1, -0.05) is 29.5 Å². The number of hydrogen-bond donors (Lipinski definition) is 2. The lowest BCUT2D eigenvalue weighted by molar-refractivity contribution is 0.102. The molecule has 1 amide bonds. The standard InChI is InChI=1S/C23H21N3O4S2/c1-14-6-4-7-18(15(14)2)26-32(28,29)17-12-10-16(11-13-17)22(27)25-23-24-21-19(30-3)8-5-9-20(21)31-23/h4-13,26H,1-3H3,(H,24,25,27). The summed E-state index contributed by atoms with van der Waals surface area (Å²) in [5, 5.41) is 3.19. The van der Waals surface area contributed by atoms with Crippen molar-refractivity contribution in [3.05, 3.63) is 77.4 Å². The number of carbonyl (C=O) groups is 1. The molecule has 0 fully saturated rings. The Bertz CT molecular complexity index is 1410. The van der Waals surface area contributed by atoms with Crippen molar-refractivity contribution in [3.8, 4) is 5.75 Å². The maximum atomic E-state index is 12.8. The number of rotatable bonds is 6. The van der Waals surface area contributed by atoms with Gasteiger partial charge < -0.3 is 4.74 Å². The van der Waals surface area contributed by atoms with Crippen molar-refractivity contribution >= 4 is 48.3 Å². The number of thiazole rings is 1. The number of aryl methyl sites for hydroxylation is 1. The molecule has 0 saturated carbocycles. The van der Waals surface area contributed by atoms with Crippen LogP contribution in [0.2, 0.25) is 0 Å². The van der Waals surface area contributed by atoms with Crippen LogP contribution < -0.4 is 14.8 Å². The summed E-state index contributed by atoms with van der Waals surface area (Å²) < 4.78 is 34.3. The smallest absolute Gasteiger partial charge is 0.261 e. The minimum atomic E-state index is -3.78. The number of para-hydroxylation sites is 1. The van der Waals surface area contributed by atoms with E-state index in [-0.39, 0.29) is 10.8 Å². The van der Waals surface area contributed by atoms with Crippen LogP contribution in [0.3, 0.4) is 0 Å². The zero-order chi connectivity index (χ0) is 22.9. The van der Waals surface area contributed by atoms with Crippen LogP contribution in [0.5, 0.6) is 5.75 Å². The molecule has 0 spiro atoms. The Hall–Kier alpha value is -3.43. The summed E-state index contributed by atoms with van der Waals surface area (Å²) in [7, 11) is -2.22. The van der Waals surface area contributed by atoms with Crippen LogP contribution in [-0.2, 0) is 10.0 Å². The molecule has 2 N–H and O–H groups in total. The second-order valence-corrected chi connectivity index (χ2v) is 9.87. The van der Waals surface area contributed by atoms with Gasteiger partial charge in [-0.25, -0.2) is 13.4 Å². The molecule has 9 heteroatoms. The fraction of sp³-hybridized carbons (Fsp3) is 0.130. The van der Waals surface area contributed by atoms with Gasteiger partial charge in [0.05, 0.1) is 22.4 Å². The monoisotopic (exact) mass is 467 g/mol. The molecular weight excluding hydrogens is 446 g/mol. The molecule has 0 saturated heterocycles. The normalized spacial score (nSPS) is 11.3. The Morgan fingerprint density at radius 3 is 2.44 bits per heavy atom. The average molecular weight is 468 g/mol. The second-order valence-electron chi connectivity index (χ2n) is 7.16. The summed E-state index contributed by atoms with van der Waals surface area (Å²) in [6, 6.07) is 16.8. The fourth-order valence-electron chi connectivity index (χ4n) is 3.16. The van der Waals surface area contributed by atoms with Gasteiger partial charge in [0.2, 0.25) is 0 Å². The van der Waals surface area contributed by atoms with E-state index in [1.54, 1.807) is 25.3 Å². The van der Waals surface area contributed by atoms with Crippen LogP contribution in [0.15, 0.2) is 65.6 Å². The van der Waals surface area contributed by atoms with Crippen molar-refractivity contribution in [2.24, 2.45) is 0 Å². The largest absolute Gasteiger partial charge is 0.494 e. The summed E-state index contributed by atoms with van der Waals surface area (Å²) >= 11 is 1.33. The highest BCUT2D eigenvalue weighted by Crippen LogP contribution is 2.32. The molecule has 4 rings (SSSR count). The number of nitrogens with one attached hydrogen (secondary N) is 2. The maximum absolute atomic E-state index is 12.8. The number of methoxy groups -OCH3 is 1. The van der Waals surface area contributed by atoms with Gasteiger partial charge in [0.15, 0.2) is 5.13 Å². The molecule has 7 nitrogen and oxygen atoms in total. The van der Waals surface area contributed by atoms with Crippen molar-refractivity contribution in [2.45, 2.75) is 18.7 Å². The highest BCUT2D eigenvalue weighted by molar-refractivity contribution is 7.92. The third-order valence-electron chi connectivity index (χ3n) is 5.10. The van der Waals surface area contributed by atoms with E-state index in [0.717, 1.165) is 15.8 Å². The van der Waals surface area contributed by atoms with Gasteiger partial charge in [0.25, 0.3) is 15.9 Å². The van der Waals surface area contributed by atoms with Crippen molar-refractivity contribution < 1.29 is 17.9 Å². The Kier molecular flexibility index (Phi) is 5.86. The molecule has 32 heavy (non-hydrogen) atoms. The number of ether oxygens (including phenoxy) is 1. The fourth-order valence-corrected chi connectivity index (χ4v) is 5.16. The molecular formula is C23H21N3O4S2. The summed E-state index contributed by atoms with van der Waals surface area (Å²) in [5.41, 5.74) is 3.37. The first-order valence-corrected chi connectivity index (χ1v) is 12.0. The van der Waals surface area contributed by atoms with E-state index < -0.39 is 10.0 Å². The zero-order valence-corrected chi connectivity index (χ0v) is 19.3. The number of hydrogen-bond acceptors (Lipinski definition) is 6. The van der Waals surface area contributed by atoms with Crippen LogP contribution in [-0.4, -0.2) is 26.4 Å². The predicted octanol–water partition coefficient (Wildman–Crippen LogP) is 4.97. The molecule has 4 aromatic rings. The maximum Gasteiger partial charge on any atom is 0.261 e. The third-order valence-corrected chi connectivity index (χ3v) is 7.42. The predicted molar refractivity (Wildman–Crippen MR) is 127 cm³/mol. The average Bonchev–Trinajstić information content (AvgIpc) is 3.19. The summed E-state index contributed by atoms with van der Waals surface area (Å²) in [4.78, 5) is 17.1. The summed E-state index contributed by atoms with van der Waals surface area (Å²) in [6.45, 7) is 3.78. The number of nitrogens with zero attached hydrogens (tertiary/aromatic N) is 1. The van der Waals surface area contributed by atoms with E-state index in [1.807, 2.05) is 32.0 Å². The molecule has 0 radical (unpaired) electrons. The van der Waals surface area contributed by atoms with Crippen molar-refractivity contribution in [1.29, 1.82) is 0 Å². The number of carbonyl (C=O) groups excluding carboxylic acids is 1. The molecule has 0 atom stereocenters. The molecule has 0 bridgehead atoms. The van der Waals surface area contributed by atoms with Gasteiger partial charge in [0.1, 0.15) is 11.3 Å². The summed E-state index contributed by atoms with van der Waals surface area (Å²) in [6.07, 6.45) is 0. The minimum absolute atomic E-state index is 0.0691. The highest BCUT2D eigenvalue weighted by atomic mass is 32.2. The van der Waals surface area contributed by atoms with Crippen molar-refractivity contribution in [1.82, 2.24) is 4.98 Å². The SMILES string of the molecule is COc1cccc2sc(NC(=O)c3ccc(S(=O)(=O)Nc4cccc(C)c4C)cc3)nc12. The lowest BCUT2D eigenvalue weighted by Gasteiger charge is -2.12. The van der Waals surface area contributed by atoms with Crippen molar-refractivity contribution in [2.75, 3.05) is 17.1 Å². The van der Waals surface area contributed by atoms with E-state index in [0.29, 0.717) is 27.6 Å². The topological polar surface area (TPSA) is 97.4 Å². The van der Waals surface area contributed by atoms with Crippen LogP contribution in [0.1, 0.15) is 21.5 Å². The molecule has 3 aromatic carbocycles. The van der Waals surface area contributed by atoms with Crippen LogP contribution in [0, 0.1) is 13.8 Å². The Balaban J connectivity index is 1.52.